The summed E-state index contributed by atoms with van der Waals surface area (Å²) in [6.45, 7) is 2.52. The topological polar surface area (TPSA) is 84.2 Å². The van der Waals surface area contributed by atoms with Gasteiger partial charge in [0.2, 0.25) is 0 Å². The monoisotopic (exact) mass is 422 g/mol. The molecule has 0 saturated carbocycles. The Morgan fingerprint density at radius 1 is 1.10 bits per heavy atom. The molecule has 2 amide bonds. The van der Waals surface area contributed by atoms with E-state index in [4.69, 9.17) is 0 Å². The molecular formula is C21H22N6O2S. The van der Waals surface area contributed by atoms with Gasteiger partial charge in [-0.3, -0.25) is 9.59 Å². The molecule has 1 aromatic carbocycles. The summed E-state index contributed by atoms with van der Waals surface area (Å²) in [5, 5.41) is 10.1. The first-order valence-corrected chi connectivity index (χ1v) is 11.1. The average molecular weight is 423 g/mol. The summed E-state index contributed by atoms with van der Waals surface area (Å²) in [5.74, 6) is -0.139. The van der Waals surface area contributed by atoms with Crippen LogP contribution < -0.4 is 0 Å². The van der Waals surface area contributed by atoms with Gasteiger partial charge in [-0.1, -0.05) is 29.5 Å². The second-order valence-electron chi connectivity index (χ2n) is 7.74. The minimum atomic E-state index is -0.0995. The van der Waals surface area contributed by atoms with Gasteiger partial charge in [0.15, 0.2) is 5.69 Å². The summed E-state index contributed by atoms with van der Waals surface area (Å²) in [6.07, 6.45) is 4.41. The molecule has 9 heteroatoms. The third-order valence-electron chi connectivity index (χ3n) is 5.86. The van der Waals surface area contributed by atoms with Crippen molar-refractivity contribution < 1.29 is 9.59 Å². The molecule has 0 bridgehead atoms. The maximum Gasteiger partial charge on any atom is 0.276 e. The maximum absolute atomic E-state index is 12.9. The molecule has 0 aliphatic carbocycles. The van der Waals surface area contributed by atoms with E-state index in [1.54, 1.807) is 21.8 Å². The Bertz CT molecular complexity index is 1060. The molecule has 0 unspecified atom stereocenters. The van der Waals surface area contributed by atoms with Crippen LogP contribution in [0.15, 0.2) is 41.4 Å². The van der Waals surface area contributed by atoms with E-state index in [2.05, 4.69) is 27.4 Å². The molecule has 8 nitrogen and oxygen atoms in total. The van der Waals surface area contributed by atoms with Crippen LogP contribution in [0.1, 0.15) is 44.9 Å². The van der Waals surface area contributed by atoms with Crippen molar-refractivity contribution in [2.24, 2.45) is 0 Å². The van der Waals surface area contributed by atoms with Crippen molar-refractivity contribution in [2.45, 2.75) is 38.4 Å². The van der Waals surface area contributed by atoms with Gasteiger partial charge in [-0.25, -0.2) is 9.67 Å². The number of carbonyl (C=O) groups excluding carboxylic acids is 2. The number of likely N-dealkylation sites (tertiary alicyclic amines) is 1. The highest BCUT2D eigenvalue weighted by molar-refractivity contribution is 7.07. The van der Waals surface area contributed by atoms with E-state index in [1.165, 1.54) is 22.5 Å². The van der Waals surface area contributed by atoms with Gasteiger partial charge >= 0.3 is 0 Å². The average Bonchev–Trinajstić information content (AvgIpc) is 3.54. The molecule has 2 aromatic heterocycles. The highest BCUT2D eigenvalue weighted by Gasteiger charge is 2.31. The fourth-order valence-electron chi connectivity index (χ4n) is 4.29. The van der Waals surface area contributed by atoms with Crippen molar-refractivity contribution in [3.05, 3.63) is 63.9 Å². The zero-order chi connectivity index (χ0) is 20.5. The summed E-state index contributed by atoms with van der Waals surface area (Å²) in [5.41, 5.74) is 5.01. The molecule has 4 heterocycles. The third kappa shape index (κ3) is 3.60. The highest BCUT2D eigenvalue weighted by Crippen LogP contribution is 2.22. The molecule has 30 heavy (non-hydrogen) atoms. The van der Waals surface area contributed by atoms with Crippen LogP contribution in [0.2, 0.25) is 0 Å². The quantitative estimate of drug-likeness (QED) is 0.644. The Hall–Kier alpha value is -3.07. The van der Waals surface area contributed by atoms with Crippen molar-refractivity contribution in [3.8, 4) is 0 Å². The van der Waals surface area contributed by atoms with Gasteiger partial charge in [0.05, 0.1) is 24.3 Å². The SMILES string of the molecule is O=C(c1cn(C[C@@H]2CCCN2C(=O)c2cscn2)nn1)N1CCc2ccccc2C1. The molecule has 0 spiro atoms. The molecule has 0 radical (unpaired) electrons. The van der Waals surface area contributed by atoms with Crippen LogP contribution in [0.4, 0.5) is 0 Å². The normalized spacial score (nSPS) is 18.5. The van der Waals surface area contributed by atoms with E-state index in [0.29, 0.717) is 37.6 Å². The lowest BCUT2D eigenvalue weighted by Crippen LogP contribution is -2.38. The van der Waals surface area contributed by atoms with Gasteiger partial charge in [0.25, 0.3) is 11.8 Å². The van der Waals surface area contributed by atoms with E-state index in [1.807, 2.05) is 21.9 Å². The minimum absolute atomic E-state index is 0.0331. The number of aromatic nitrogens is 4. The van der Waals surface area contributed by atoms with Gasteiger partial charge in [0.1, 0.15) is 5.69 Å². The highest BCUT2D eigenvalue weighted by atomic mass is 32.1. The number of nitrogens with zero attached hydrogens (tertiary/aromatic N) is 6. The van der Waals surface area contributed by atoms with Crippen LogP contribution in [0.25, 0.3) is 0 Å². The van der Waals surface area contributed by atoms with E-state index in [9.17, 15) is 9.59 Å². The van der Waals surface area contributed by atoms with E-state index in [-0.39, 0.29) is 17.9 Å². The lowest BCUT2D eigenvalue weighted by atomic mass is 10.00. The molecule has 3 aromatic rings. The van der Waals surface area contributed by atoms with Gasteiger partial charge < -0.3 is 9.80 Å². The van der Waals surface area contributed by atoms with Crippen LogP contribution in [0, 0.1) is 0 Å². The minimum Gasteiger partial charge on any atom is -0.333 e. The maximum atomic E-state index is 12.9. The van der Waals surface area contributed by atoms with Gasteiger partial charge in [0, 0.05) is 25.0 Å². The smallest absolute Gasteiger partial charge is 0.276 e. The van der Waals surface area contributed by atoms with Crippen molar-refractivity contribution in [1.82, 2.24) is 29.8 Å². The fraction of sp³-hybridized carbons (Fsp3) is 0.381. The summed E-state index contributed by atoms with van der Waals surface area (Å²) in [6, 6.07) is 8.26. The van der Waals surface area contributed by atoms with E-state index >= 15 is 0 Å². The van der Waals surface area contributed by atoms with Gasteiger partial charge in [-0.05, 0) is 30.4 Å². The number of fused-ring (bicyclic) bond motifs is 1. The number of rotatable bonds is 4. The van der Waals surface area contributed by atoms with E-state index < -0.39 is 0 Å². The van der Waals surface area contributed by atoms with E-state index in [0.717, 1.165) is 19.3 Å². The second kappa shape index (κ2) is 7.98. The number of hydrogen-bond donors (Lipinski definition) is 0. The fourth-order valence-corrected chi connectivity index (χ4v) is 4.82. The van der Waals surface area contributed by atoms with Crippen LogP contribution in [0.5, 0.6) is 0 Å². The number of thiazole rings is 1. The summed E-state index contributed by atoms with van der Waals surface area (Å²) in [4.78, 5) is 33.4. The van der Waals surface area contributed by atoms with Crippen LogP contribution in [-0.4, -0.2) is 60.7 Å². The van der Waals surface area contributed by atoms with Gasteiger partial charge in [-0.15, -0.1) is 16.4 Å². The Morgan fingerprint density at radius 2 is 1.97 bits per heavy atom. The molecule has 5 rings (SSSR count). The molecular weight excluding hydrogens is 400 g/mol. The predicted molar refractivity (Wildman–Crippen MR) is 111 cm³/mol. The van der Waals surface area contributed by atoms with Crippen molar-refractivity contribution in [2.75, 3.05) is 13.1 Å². The molecule has 2 aliphatic heterocycles. The summed E-state index contributed by atoms with van der Waals surface area (Å²) >= 11 is 1.42. The Labute approximate surface area is 178 Å². The molecule has 154 valence electrons. The molecule has 2 aliphatic rings. The predicted octanol–water partition coefficient (Wildman–Crippen LogP) is 2.24. The van der Waals surface area contributed by atoms with Crippen molar-refractivity contribution in [1.29, 1.82) is 0 Å². The third-order valence-corrected chi connectivity index (χ3v) is 6.45. The molecule has 1 fully saturated rings. The Morgan fingerprint density at radius 3 is 2.80 bits per heavy atom. The first-order chi connectivity index (χ1) is 14.7. The number of benzene rings is 1. The molecule has 1 saturated heterocycles. The summed E-state index contributed by atoms with van der Waals surface area (Å²) < 4.78 is 1.68. The standard InChI is InChI=1S/C21H22N6O2S/c28-20(25-9-7-15-4-1-2-5-16(15)10-25)18-12-26(24-23-18)11-17-6-3-8-27(17)21(29)19-13-30-14-22-19/h1-2,4-5,12-14,17H,3,6-11H2/t17-/m0/s1. The summed E-state index contributed by atoms with van der Waals surface area (Å²) in [7, 11) is 0. The van der Waals surface area contributed by atoms with Crippen molar-refractivity contribution in [3.63, 3.8) is 0 Å². The first-order valence-electron chi connectivity index (χ1n) is 10.1. The van der Waals surface area contributed by atoms with Crippen LogP contribution in [-0.2, 0) is 19.5 Å². The largest absolute Gasteiger partial charge is 0.333 e. The van der Waals surface area contributed by atoms with Crippen LogP contribution >= 0.6 is 11.3 Å². The zero-order valence-electron chi connectivity index (χ0n) is 16.5. The lowest BCUT2D eigenvalue weighted by molar-refractivity contribution is 0.0711. The Kier molecular flexibility index (Phi) is 5.04. The number of hydrogen-bond acceptors (Lipinski definition) is 6. The number of carbonyl (C=O) groups is 2. The Balaban J connectivity index is 1.25. The zero-order valence-corrected chi connectivity index (χ0v) is 17.3. The second-order valence-corrected chi connectivity index (χ2v) is 8.46. The lowest BCUT2D eigenvalue weighted by Gasteiger charge is -2.28. The molecule has 0 N–H and O–H groups in total. The molecule has 1 atom stereocenters. The van der Waals surface area contributed by atoms with Crippen LogP contribution in [0.3, 0.4) is 0 Å². The van der Waals surface area contributed by atoms with Crippen molar-refractivity contribution >= 4 is 23.2 Å². The van der Waals surface area contributed by atoms with Gasteiger partial charge in [-0.2, -0.15) is 0 Å². The number of amides is 2. The first kappa shape index (κ1) is 18.9.